The van der Waals surface area contributed by atoms with Crippen molar-refractivity contribution >= 4 is 5.91 Å². The van der Waals surface area contributed by atoms with Crippen LogP contribution in [-0.2, 0) is 11.2 Å². The van der Waals surface area contributed by atoms with Gasteiger partial charge in [0.25, 0.3) is 5.91 Å². The normalized spacial score (nSPS) is 10.8. The first-order valence-electron chi connectivity index (χ1n) is 6.39. The summed E-state index contributed by atoms with van der Waals surface area (Å²) < 4.78 is 15.5. The van der Waals surface area contributed by atoms with E-state index in [-0.39, 0.29) is 5.91 Å². The molecule has 6 heteroatoms. The van der Waals surface area contributed by atoms with Crippen molar-refractivity contribution in [2.24, 2.45) is 0 Å². The molecule has 0 aromatic carbocycles. The van der Waals surface area contributed by atoms with E-state index in [0.717, 1.165) is 17.0 Å². The number of hydrogen-bond donors (Lipinski definition) is 1. The van der Waals surface area contributed by atoms with Crippen molar-refractivity contribution in [3.8, 4) is 0 Å². The molecule has 6 nitrogen and oxygen atoms in total. The fraction of sp³-hybridized carbons (Fsp3) is 0.429. The maximum absolute atomic E-state index is 11.8. The number of hydrogen-bond acceptors (Lipinski definition) is 5. The Hall–Kier alpha value is -2.08. The average Bonchev–Trinajstić information content (AvgIpc) is 3.01. The standard InChI is InChI=1S/C14H18N2O4/c1-9-12(10(2)20-16-9)8-11-4-5-13(19-11)14(17)15-6-7-18-3/h4-5H,6-8H2,1-3H3,(H,15,17). The Bertz CT molecular complexity index is 566. The topological polar surface area (TPSA) is 77.5 Å². The molecule has 0 saturated heterocycles. The van der Waals surface area contributed by atoms with Gasteiger partial charge in [0.1, 0.15) is 11.5 Å². The highest BCUT2D eigenvalue weighted by atomic mass is 16.5. The van der Waals surface area contributed by atoms with Crippen molar-refractivity contribution < 1.29 is 18.5 Å². The van der Waals surface area contributed by atoms with Crippen LogP contribution in [0.2, 0.25) is 0 Å². The van der Waals surface area contributed by atoms with Gasteiger partial charge in [0.15, 0.2) is 5.76 Å². The van der Waals surface area contributed by atoms with Crippen molar-refractivity contribution in [1.29, 1.82) is 0 Å². The minimum absolute atomic E-state index is 0.243. The second-order valence-electron chi connectivity index (χ2n) is 4.49. The van der Waals surface area contributed by atoms with Gasteiger partial charge in [-0.1, -0.05) is 5.16 Å². The highest BCUT2D eigenvalue weighted by Crippen LogP contribution is 2.19. The third-order valence-electron chi connectivity index (χ3n) is 3.01. The van der Waals surface area contributed by atoms with Crippen molar-refractivity contribution in [2.75, 3.05) is 20.3 Å². The maximum atomic E-state index is 11.8. The van der Waals surface area contributed by atoms with Crippen LogP contribution < -0.4 is 5.32 Å². The molecule has 1 amide bonds. The molecule has 2 heterocycles. The monoisotopic (exact) mass is 278 g/mol. The lowest BCUT2D eigenvalue weighted by Gasteiger charge is -2.01. The van der Waals surface area contributed by atoms with Crippen LogP contribution in [0.15, 0.2) is 21.1 Å². The highest BCUT2D eigenvalue weighted by Gasteiger charge is 2.14. The van der Waals surface area contributed by atoms with Gasteiger partial charge in [0, 0.05) is 25.6 Å². The Kier molecular flexibility index (Phi) is 4.57. The zero-order valence-corrected chi connectivity index (χ0v) is 11.9. The van der Waals surface area contributed by atoms with E-state index in [9.17, 15) is 4.79 Å². The Labute approximate surface area is 117 Å². The minimum atomic E-state index is -0.243. The number of furan rings is 1. The molecular weight excluding hydrogens is 260 g/mol. The Morgan fingerprint density at radius 2 is 2.20 bits per heavy atom. The minimum Gasteiger partial charge on any atom is -0.456 e. The van der Waals surface area contributed by atoms with Gasteiger partial charge in [-0.3, -0.25) is 4.79 Å². The van der Waals surface area contributed by atoms with Crippen molar-refractivity contribution in [3.05, 3.63) is 40.7 Å². The first-order chi connectivity index (χ1) is 9.61. The van der Waals surface area contributed by atoms with E-state index in [1.807, 2.05) is 13.8 Å². The van der Waals surface area contributed by atoms with Crippen LogP contribution in [0, 0.1) is 13.8 Å². The number of aryl methyl sites for hydroxylation is 2. The quantitative estimate of drug-likeness (QED) is 0.816. The maximum Gasteiger partial charge on any atom is 0.287 e. The first kappa shape index (κ1) is 14.3. The van der Waals surface area contributed by atoms with Crippen molar-refractivity contribution in [2.45, 2.75) is 20.3 Å². The number of ether oxygens (including phenoxy) is 1. The number of nitrogens with zero attached hydrogens (tertiary/aromatic N) is 1. The van der Waals surface area contributed by atoms with E-state index in [1.165, 1.54) is 0 Å². The van der Waals surface area contributed by atoms with E-state index in [2.05, 4.69) is 10.5 Å². The molecule has 1 N–H and O–H groups in total. The fourth-order valence-corrected chi connectivity index (χ4v) is 1.88. The van der Waals surface area contributed by atoms with E-state index < -0.39 is 0 Å². The molecule has 0 aliphatic rings. The predicted octanol–water partition coefficient (Wildman–Crippen LogP) is 1.85. The van der Waals surface area contributed by atoms with Crippen LogP contribution in [0.3, 0.4) is 0 Å². The van der Waals surface area contributed by atoms with Crippen LogP contribution in [-0.4, -0.2) is 31.3 Å². The third-order valence-corrected chi connectivity index (χ3v) is 3.01. The summed E-state index contributed by atoms with van der Waals surface area (Å²) in [5.74, 6) is 1.52. The molecule has 0 bridgehead atoms. The van der Waals surface area contributed by atoms with Gasteiger partial charge in [-0.15, -0.1) is 0 Å². The molecule has 0 aliphatic carbocycles. The lowest BCUT2D eigenvalue weighted by Crippen LogP contribution is -2.26. The smallest absolute Gasteiger partial charge is 0.287 e. The summed E-state index contributed by atoms with van der Waals surface area (Å²) in [7, 11) is 1.58. The SMILES string of the molecule is COCCNC(=O)c1ccc(Cc2c(C)noc2C)o1. The zero-order valence-electron chi connectivity index (χ0n) is 11.9. The molecule has 0 spiro atoms. The molecule has 0 unspecified atom stereocenters. The number of methoxy groups -OCH3 is 1. The Balaban J connectivity index is 2.00. The second kappa shape index (κ2) is 6.38. The Morgan fingerprint density at radius 1 is 1.40 bits per heavy atom. The molecule has 108 valence electrons. The molecule has 0 saturated carbocycles. The lowest BCUT2D eigenvalue weighted by atomic mass is 10.1. The summed E-state index contributed by atoms with van der Waals surface area (Å²) in [4.78, 5) is 11.8. The van der Waals surface area contributed by atoms with Gasteiger partial charge in [0.2, 0.25) is 0 Å². The van der Waals surface area contributed by atoms with Crippen LogP contribution in [0.5, 0.6) is 0 Å². The Morgan fingerprint density at radius 3 is 2.85 bits per heavy atom. The fourth-order valence-electron chi connectivity index (χ4n) is 1.88. The number of carbonyl (C=O) groups excluding carboxylic acids is 1. The van der Waals surface area contributed by atoms with Crippen LogP contribution >= 0.6 is 0 Å². The average molecular weight is 278 g/mol. The van der Waals surface area contributed by atoms with Gasteiger partial charge in [-0.25, -0.2) is 0 Å². The van der Waals surface area contributed by atoms with E-state index in [4.69, 9.17) is 13.7 Å². The molecule has 2 rings (SSSR count). The number of carbonyl (C=O) groups is 1. The molecule has 0 atom stereocenters. The number of amides is 1. The van der Waals surface area contributed by atoms with Crippen molar-refractivity contribution in [1.82, 2.24) is 10.5 Å². The van der Waals surface area contributed by atoms with Gasteiger partial charge < -0.3 is 19.0 Å². The van der Waals surface area contributed by atoms with Gasteiger partial charge >= 0.3 is 0 Å². The van der Waals surface area contributed by atoms with E-state index in [1.54, 1.807) is 19.2 Å². The molecular formula is C14H18N2O4. The van der Waals surface area contributed by atoms with Crippen molar-refractivity contribution in [3.63, 3.8) is 0 Å². The predicted molar refractivity (Wildman–Crippen MR) is 71.7 cm³/mol. The molecule has 0 aliphatic heterocycles. The third kappa shape index (κ3) is 3.27. The second-order valence-corrected chi connectivity index (χ2v) is 4.49. The van der Waals surface area contributed by atoms with Crippen LogP contribution in [0.4, 0.5) is 0 Å². The number of aromatic nitrogens is 1. The first-order valence-corrected chi connectivity index (χ1v) is 6.39. The summed E-state index contributed by atoms with van der Waals surface area (Å²) in [6.45, 7) is 4.66. The van der Waals surface area contributed by atoms with E-state index >= 15 is 0 Å². The largest absolute Gasteiger partial charge is 0.456 e. The van der Waals surface area contributed by atoms with E-state index in [0.29, 0.717) is 31.1 Å². The van der Waals surface area contributed by atoms with Gasteiger partial charge in [-0.05, 0) is 26.0 Å². The molecule has 0 radical (unpaired) electrons. The number of nitrogens with one attached hydrogen (secondary N) is 1. The molecule has 0 fully saturated rings. The summed E-state index contributed by atoms with van der Waals surface area (Å²) >= 11 is 0. The number of rotatable bonds is 6. The summed E-state index contributed by atoms with van der Waals surface area (Å²) in [5, 5.41) is 6.60. The van der Waals surface area contributed by atoms with Gasteiger partial charge in [0.05, 0.1) is 12.3 Å². The summed E-state index contributed by atoms with van der Waals surface area (Å²) in [5.41, 5.74) is 1.83. The van der Waals surface area contributed by atoms with Gasteiger partial charge in [-0.2, -0.15) is 0 Å². The lowest BCUT2D eigenvalue weighted by molar-refractivity contribution is 0.0908. The molecule has 2 aromatic heterocycles. The molecule has 20 heavy (non-hydrogen) atoms. The molecule has 2 aromatic rings. The van der Waals surface area contributed by atoms with Crippen LogP contribution in [0.25, 0.3) is 0 Å². The van der Waals surface area contributed by atoms with Crippen LogP contribution in [0.1, 0.15) is 33.3 Å². The highest BCUT2D eigenvalue weighted by molar-refractivity contribution is 5.91. The summed E-state index contributed by atoms with van der Waals surface area (Å²) in [6.07, 6.45) is 0.562. The summed E-state index contributed by atoms with van der Waals surface area (Å²) in [6, 6.07) is 3.45. The zero-order chi connectivity index (χ0) is 14.5.